The number of aromatic nitrogens is 4. The molecule has 0 radical (unpaired) electrons. The molecule has 1 atom stereocenters. The average Bonchev–Trinajstić information content (AvgIpc) is 2.81. The van der Waals surface area contributed by atoms with E-state index in [4.69, 9.17) is 4.52 Å². The van der Waals surface area contributed by atoms with Crippen LogP contribution in [0.3, 0.4) is 0 Å². The van der Waals surface area contributed by atoms with E-state index >= 15 is 0 Å². The molecule has 0 aliphatic heterocycles. The average molecular weight is 233 g/mol. The summed E-state index contributed by atoms with van der Waals surface area (Å²) >= 11 is 0. The molecule has 0 bridgehead atoms. The minimum absolute atomic E-state index is 0.0710. The second kappa shape index (κ2) is 5.01. The second-order valence-corrected chi connectivity index (χ2v) is 3.79. The van der Waals surface area contributed by atoms with Gasteiger partial charge < -0.3 is 9.84 Å². The molecule has 1 unspecified atom stereocenters. The number of nitrogens with zero attached hydrogens (tertiary/aromatic N) is 4. The van der Waals surface area contributed by atoms with E-state index in [0.29, 0.717) is 17.5 Å². The number of rotatable bonds is 4. The van der Waals surface area contributed by atoms with Crippen LogP contribution in [0.2, 0.25) is 0 Å². The lowest BCUT2D eigenvalue weighted by Crippen LogP contribution is -2.15. The summed E-state index contributed by atoms with van der Waals surface area (Å²) in [6.45, 7) is 3.98. The zero-order chi connectivity index (χ0) is 12.3. The fraction of sp³-hybridized carbons (Fsp3) is 0.455. The van der Waals surface area contributed by atoms with E-state index in [-0.39, 0.29) is 6.04 Å². The van der Waals surface area contributed by atoms with Crippen molar-refractivity contribution in [3.05, 3.63) is 23.8 Å². The van der Waals surface area contributed by atoms with Crippen molar-refractivity contribution in [1.82, 2.24) is 25.4 Å². The smallest absolute Gasteiger partial charge is 0.244 e. The normalized spacial score (nSPS) is 12.6. The largest absolute Gasteiger partial charge is 0.337 e. The highest BCUT2D eigenvalue weighted by molar-refractivity contribution is 5.41. The van der Waals surface area contributed by atoms with Gasteiger partial charge in [-0.25, -0.2) is 9.97 Å². The van der Waals surface area contributed by atoms with E-state index in [2.05, 4.69) is 25.4 Å². The van der Waals surface area contributed by atoms with Crippen molar-refractivity contribution in [2.24, 2.45) is 0 Å². The van der Waals surface area contributed by atoms with Crippen molar-refractivity contribution in [2.45, 2.75) is 26.3 Å². The molecule has 0 saturated carbocycles. The highest BCUT2D eigenvalue weighted by atomic mass is 16.5. The first-order chi connectivity index (χ1) is 8.24. The molecule has 2 rings (SSSR count). The number of hydrogen-bond donors (Lipinski definition) is 1. The zero-order valence-electron chi connectivity index (χ0n) is 10.1. The first-order valence-corrected chi connectivity index (χ1v) is 5.54. The predicted molar refractivity (Wildman–Crippen MR) is 62.2 cm³/mol. The molecule has 1 N–H and O–H groups in total. The van der Waals surface area contributed by atoms with Crippen LogP contribution in [0, 0.1) is 6.92 Å². The van der Waals surface area contributed by atoms with Gasteiger partial charge in [0.25, 0.3) is 0 Å². The van der Waals surface area contributed by atoms with Gasteiger partial charge in [-0.05, 0) is 26.0 Å². The zero-order valence-corrected chi connectivity index (χ0v) is 10.1. The lowest BCUT2D eigenvalue weighted by atomic mass is 10.2. The quantitative estimate of drug-likeness (QED) is 0.862. The summed E-state index contributed by atoms with van der Waals surface area (Å²) in [5.41, 5.74) is 0.999. The Kier molecular flexibility index (Phi) is 3.43. The molecule has 90 valence electrons. The van der Waals surface area contributed by atoms with Crippen LogP contribution in [0.1, 0.15) is 30.8 Å². The lowest BCUT2D eigenvalue weighted by Gasteiger charge is -2.06. The van der Waals surface area contributed by atoms with E-state index in [1.807, 2.05) is 20.9 Å². The molecule has 0 saturated heterocycles. The SMILES string of the molecule is CCC(NC)c1nc(-c2ncc(C)cn2)no1. The minimum Gasteiger partial charge on any atom is -0.337 e. The van der Waals surface area contributed by atoms with Crippen LogP contribution in [-0.4, -0.2) is 27.2 Å². The molecule has 2 heterocycles. The summed E-state index contributed by atoms with van der Waals surface area (Å²) < 4.78 is 5.19. The summed E-state index contributed by atoms with van der Waals surface area (Å²) in [5, 5.41) is 6.99. The van der Waals surface area contributed by atoms with Gasteiger partial charge in [0.05, 0.1) is 6.04 Å². The van der Waals surface area contributed by atoms with E-state index in [0.717, 1.165) is 12.0 Å². The van der Waals surface area contributed by atoms with Crippen molar-refractivity contribution in [3.8, 4) is 11.6 Å². The fourth-order valence-electron chi connectivity index (χ4n) is 1.48. The van der Waals surface area contributed by atoms with Gasteiger partial charge in [0.2, 0.25) is 17.5 Å². The maximum atomic E-state index is 5.19. The first-order valence-electron chi connectivity index (χ1n) is 5.54. The van der Waals surface area contributed by atoms with Crippen LogP contribution in [0.4, 0.5) is 0 Å². The topological polar surface area (TPSA) is 76.7 Å². The van der Waals surface area contributed by atoms with Crippen molar-refractivity contribution >= 4 is 0 Å². The van der Waals surface area contributed by atoms with Gasteiger partial charge in [-0.1, -0.05) is 12.1 Å². The maximum absolute atomic E-state index is 5.19. The Bertz CT molecular complexity index is 475. The number of hydrogen-bond acceptors (Lipinski definition) is 6. The van der Waals surface area contributed by atoms with E-state index in [9.17, 15) is 0 Å². The van der Waals surface area contributed by atoms with Gasteiger partial charge in [-0.3, -0.25) is 0 Å². The lowest BCUT2D eigenvalue weighted by molar-refractivity contribution is 0.334. The number of aryl methyl sites for hydroxylation is 1. The first kappa shape index (κ1) is 11.7. The summed E-state index contributed by atoms with van der Waals surface area (Å²) in [7, 11) is 1.86. The van der Waals surface area contributed by atoms with E-state index < -0.39 is 0 Å². The molecule has 0 aliphatic carbocycles. The molecule has 0 amide bonds. The van der Waals surface area contributed by atoms with Gasteiger partial charge in [-0.2, -0.15) is 4.98 Å². The van der Waals surface area contributed by atoms with Crippen LogP contribution in [0.25, 0.3) is 11.6 Å². The highest BCUT2D eigenvalue weighted by Gasteiger charge is 2.17. The summed E-state index contributed by atoms with van der Waals surface area (Å²) in [4.78, 5) is 12.6. The summed E-state index contributed by atoms with van der Waals surface area (Å²) in [6, 6.07) is 0.0710. The van der Waals surface area contributed by atoms with Crippen LogP contribution in [0.5, 0.6) is 0 Å². The van der Waals surface area contributed by atoms with Crippen molar-refractivity contribution in [3.63, 3.8) is 0 Å². The van der Waals surface area contributed by atoms with E-state index in [1.165, 1.54) is 0 Å². The Morgan fingerprint density at radius 3 is 2.59 bits per heavy atom. The molecule has 2 aromatic heterocycles. The van der Waals surface area contributed by atoms with Crippen LogP contribution < -0.4 is 5.32 Å². The second-order valence-electron chi connectivity index (χ2n) is 3.79. The fourth-order valence-corrected chi connectivity index (χ4v) is 1.48. The van der Waals surface area contributed by atoms with Gasteiger partial charge in [0, 0.05) is 12.4 Å². The summed E-state index contributed by atoms with van der Waals surface area (Å²) in [6.07, 6.45) is 4.34. The third-order valence-corrected chi connectivity index (χ3v) is 2.48. The van der Waals surface area contributed by atoms with Crippen molar-refractivity contribution in [1.29, 1.82) is 0 Å². The monoisotopic (exact) mass is 233 g/mol. The third-order valence-electron chi connectivity index (χ3n) is 2.48. The Hall–Kier alpha value is -1.82. The van der Waals surface area contributed by atoms with Crippen LogP contribution in [-0.2, 0) is 0 Å². The molecule has 0 aliphatic rings. The Labute approximate surface area is 99.5 Å². The molecular weight excluding hydrogens is 218 g/mol. The van der Waals surface area contributed by atoms with Gasteiger partial charge in [0.1, 0.15) is 0 Å². The Morgan fingerprint density at radius 1 is 1.29 bits per heavy atom. The Morgan fingerprint density at radius 2 is 2.00 bits per heavy atom. The molecule has 0 fully saturated rings. The molecule has 2 aromatic rings. The molecular formula is C11H15N5O. The van der Waals surface area contributed by atoms with E-state index in [1.54, 1.807) is 12.4 Å². The predicted octanol–water partition coefficient (Wildman–Crippen LogP) is 1.51. The summed E-state index contributed by atoms with van der Waals surface area (Å²) in [5.74, 6) is 1.47. The van der Waals surface area contributed by atoms with Gasteiger partial charge >= 0.3 is 0 Å². The molecule has 17 heavy (non-hydrogen) atoms. The Balaban J connectivity index is 2.26. The molecule has 0 aromatic carbocycles. The highest BCUT2D eigenvalue weighted by Crippen LogP contribution is 2.17. The van der Waals surface area contributed by atoms with Crippen molar-refractivity contribution < 1.29 is 4.52 Å². The van der Waals surface area contributed by atoms with Crippen LogP contribution >= 0.6 is 0 Å². The van der Waals surface area contributed by atoms with Gasteiger partial charge in [0.15, 0.2) is 0 Å². The van der Waals surface area contributed by atoms with Gasteiger partial charge in [-0.15, -0.1) is 0 Å². The van der Waals surface area contributed by atoms with Crippen molar-refractivity contribution in [2.75, 3.05) is 7.05 Å². The standard InChI is InChI=1S/C11H15N5O/c1-4-8(12-3)11-15-10(16-17-11)9-13-5-7(2)6-14-9/h5-6,8,12H,4H2,1-3H3. The number of nitrogens with one attached hydrogen (secondary N) is 1. The maximum Gasteiger partial charge on any atom is 0.244 e. The molecule has 6 heteroatoms. The molecule has 0 spiro atoms. The molecule has 6 nitrogen and oxygen atoms in total. The minimum atomic E-state index is 0.0710. The van der Waals surface area contributed by atoms with Crippen LogP contribution in [0.15, 0.2) is 16.9 Å². The third kappa shape index (κ3) is 2.47.